The fourth-order valence-corrected chi connectivity index (χ4v) is 2.34. The number of piperidine rings is 1. The standard InChI is InChI=1S/C12H20N4O2/c1-3-18-12(17)15-7-4-10(5-8-15)16-9-6-14-11(16)13-2/h6,9-10H,3-5,7-8H2,1-2H3,(H,13,14). The lowest BCUT2D eigenvalue weighted by molar-refractivity contribution is 0.0928. The maximum atomic E-state index is 11.6. The number of carbonyl (C=O) groups is 1. The van der Waals surface area contributed by atoms with Gasteiger partial charge in [-0.15, -0.1) is 0 Å². The molecule has 6 nitrogen and oxygen atoms in total. The third kappa shape index (κ3) is 2.57. The highest BCUT2D eigenvalue weighted by Crippen LogP contribution is 2.25. The van der Waals surface area contributed by atoms with Gasteiger partial charge in [-0.25, -0.2) is 9.78 Å². The highest BCUT2D eigenvalue weighted by atomic mass is 16.6. The number of imidazole rings is 1. The lowest BCUT2D eigenvalue weighted by atomic mass is 10.1. The summed E-state index contributed by atoms with van der Waals surface area (Å²) in [6, 6.07) is 0.403. The van der Waals surface area contributed by atoms with E-state index in [0.29, 0.717) is 12.6 Å². The molecular weight excluding hydrogens is 232 g/mol. The van der Waals surface area contributed by atoms with E-state index in [1.165, 1.54) is 0 Å². The maximum absolute atomic E-state index is 11.6. The monoisotopic (exact) mass is 252 g/mol. The molecule has 1 aliphatic rings. The first-order valence-corrected chi connectivity index (χ1v) is 6.38. The summed E-state index contributed by atoms with van der Waals surface area (Å²) < 4.78 is 7.15. The van der Waals surface area contributed by atoms with Crippen LogP contribution in [0.2, 0.25) is 0 Å². The van der Waals surface area contributed by atoms with Gasteiger partial charge in [-0.1, -0.05) is 0 Å². The van der Waals surface area contributed by atoms with E-state index in [1.54, 1.807) is 11.1 Å². The van der Waals surface area contributed by atoms with E-state index in [4.69, 9.17) is 4.74 Å². The highest BCUT2D eigenvalue weighted by Gasteiger charge is 2.25. The van der Waals surface area contributed by atoms with Gasteiger partial charge < -0.3 is 19.5 Å². The van der Waals surface area contributed by atoms with Crippen molar-refractivity contribution < 1.29 is 9.53 Å². The molecule has 1 saturated heterocycles. The Hall–Kier alpha value is -1.72. The van der Waals surface area contributed by atoms with E-state index in [0.717, 1.165) is 31.9 Å². The van der Waals surface area contributed by atoms with Crippen LogP contribution in [0.25, 0.3) is 0 Å². The Morgan fingerprint density at radius 3 is 2.89 bits per heavy atom. The van der Waals surface area contributed by atoms with Crippen LogP contribution in [0.5, 0.6) is 0 Å². The first-order valence-electron chi connectivity index (χ1n) is 6.38. The van der Waals surface area contributed by atoms with Crippen LogP contribution in [0.4, 0.5) is 10.7 Å². The number of anilines is 1. The molecular formula is C12H20N4O2. The molecule has 1 amide bonds. The van der Waals surface area contributed by atoms with Crippen LogP contribution in [0.1, 0.15) is 25.8 Å². The summed E-state index contributed by atoms with van der Waals surface area (Å²) in [5.74, 6) is 0.879. The van der Waals surface area contributed by atoms with E-state index in [2.05, 4.69) is 14.9 Å². The number of rotatable bonds is 3. The number of carbonyl (C=O) groups excluding carboxylic acids is 1. The lowest BCUT2D eigenvalue weighted by Crippen LogP contribution is -2.39. The normalized spacial score (nSPS) is 16.7. The van der Waals surface area contributed by atoms with Crippen LogP contribution in [0.15, 0.2) is 12.4 Å². The van der Waals surface area contributed by atoms with Gasteiger partial charge in [0.15, 0.2) is 0 Å². The van der Waals surface area contributed by atoms with Crippen molar-refractivity contribution in [3.8, 4) is 0 Å². The fourth-order valence-electron chi connectivity index (χ4n) is 2.34. The number of hydrogen-bond acceptors (Lipinski definition) is 4. The van der Waals surface area contributed by atoms with Crippen molar-refractivity contribution in [3.05, 3.63) is 12.4 Å². The van der Waals surface area contributed by atoms with E-state index >= 15 is 0 Å². The van der Waals surface area contributed by atoms with Crippen LogP contribution in [0.3, 0.4) is 0 Å². The van der Waals surface area contributed by atoms with Gasteiger partial charge in [0, 0.05) is 38.6 Å². The molecule has 1 aromatic heterocycles. The topological polar surface area (TPSA) is 59.4 Å². The van der Waals surface area contributed by atoms with Crippen LogP contribution < -0.4 is 5.32 Å². The molecule has 1 aromatic rings. The summed E-state index contributed by atoms with van der Waals surface area (Å²) in [5.41, 5.74) is 0. The molecule has 100 valence electrons. The van der Waals surface area contributed by atoms with Crippen molar-refractivity contribution >= 4 is 12.0 Å². The number of hydrogen-bond donors (Lipinski definition) is 1. The van der Waals surface area contributed by atoms with Crippen LogP contribution in [-0.4, -0.2) is 47.3 Å². The SMILES string of the molecule is CCOC(=O)N1CCC(n2ccnc2NC)CC1. The second-order valence-electron chi connectivity index (χ2n) is 4.33. The molecule has 0 bridgehead atoms. The van der Waals surface area contributed by atoms with Crippen molar-refractivity contribution in [1.82, 2.24) is 14.5 Å². The highest BCUT2D eigenvalue weighted by molar-refractivity contribution is 5.67. The molecule has 18 heavy (non-hydrogen) atoms. The van der Waals surface area contributed by atoms with Crippen molar-refractivity contribution in [2.24, 2.45) is 0 Å². The predicted molar refractivity (Wildman–Crippen MR) is 68.6 cm³/mol. The zero-order valence-electron chi connectivity index (χ0n) is 10.9. The van der Waals surface area contributed by atoms with Gasteiger partial charge in [-0.2, -0.15) is 0 Å². The minimum atomic E-state index is -0.199. The molecule has 2 heterocycles. The largest absolute Gasteiger partial charge is 0.450 e. The quantitative estimate of drug-likeness (QED) is 0.889. The second kappa shape index (κ2) is 5.75. The summed E-state index contributed by atoms with van der Waals surface area (Å²) >= 11 is 0. The van der Waals surface area contributed by atoms with Crippen molar-refractivity contribution in [1.29, 1.82) is 0 Å². The van der Waals surface area contributed by atoms with Crippen LogP contribution in [0, 0.1) is 0 Å². The summed E-state index contributed by atoms with van der Waals surface area (Å²) in [7, 11) is 1.87. The first kappa shape index (κ1) is 12.7. The Bertz CT molecular complexity index is 397. The van der Waals surface area contributed by atoms with Crippen LogP contribution in [-0.2, 0) is 4.74 Å². The van der Waals surface area contributed by atoms with Crippen molar-refractivity contribution in [2.45, 2.75) is 25.8 Å². The molecule has 1 N–H and O–H groups in total. The van der Waals surface area contributed by atoms with Gasteiger partial charge in [0.05, 0.1) is 6.61 Å². The molecule has 1 fully saturated rings. The minimum absolute atomic E-state index is 0.199. The van der Waals surface area contributed by atoms with Crippen molar-refractivity contribution in [3.63, 3.8) is 0 Å². The molecule has 0 atom stereocenters. The number of likely N-dealkylation sites (tertiary alicyclic amines) is 1. The minimum Gasteiger partial charge on any atom is -0.450 e. The van der Waals surface area contributed by atoms with Gasteiger partial charge in [-0.05, 0) is 19.8 Å². The lowest BCUT2D eigenvalue weighted by Gasteiger charge is -2.32. The van der Waals surface area contributed by atoms with Gasteiger partial charge in [-0.3, -0.25) is 0 Å². The molecule has 0 spiro atoms. The van der Waals surface area contributed by atoms with Gasteiger partial charge >= 0.3 is 6.09 Å². The Morgan fingerprint density at radius 1 is 1.56 bits per heavy atom. The predicted octanol–water partition coefficient (Wildman–Crippen LogP) is 1.72. The summed E-state index contributed by atoms with van der Waals surface area (Å²) in [6.45, 7) is 3.75. The Kier molecular flexibility index (Phi) is 4.07. The molecule has 6 heteroatoms. The number of aromatic nitrogens is 2. The zero-order valence-corrected chi connectivity index (χ0v) is 10.9. The molecule has 0 unspecified atom stereocenters. The Labute approximate surface area is 107 Å². The smallest absolute Gasteiger partial charge is 0.409 e. The summed E-state index contributed by atoms with van der Waals surface area (Å²) in [5, 5.41) is 3.07. The summed E-state index contributed by atoms with van der Waals surface area (Å²) in [4.78, 5) is 17.6. The number of nitrogens with one attached hydrogen (secondary N) is 1. The second-order valence-corrected chi connectivity index (χ2v) is 4.33. The molecule has 0 saturated carbocycles. The van der Waals surface area contributed by atoms with Crippen LogP contribution >= 0.6 is 0 Å². The first-order chi connectivity index (χ1) is 8.76. The third-order valence-electron chi connectivity index (χ3n) is 3.28. The molecule has 2 rings (SSSR count). The Morgan fingerprint density at radius 2 is 2.28 bits per heavy atom. The number of nitrogens with zero attached hydrogens (tertiary/aromatic N) is 3. The average molecular weight is 252 g/mol. The number of ether oxygens (including phenoxy) is 1. The van der Waals surface area contributed by atoms with Crippen molar-refractivity contribution in [2.75, 3.05) is 32.1 Å². The van der Waals surface area contributed by atoms with Gasteiger partial charge in [0.2, 0.25) is 5.95 Å². The third-order valence-corrected chi connectivity index (χ3v) is 3.28. The zero-order chi connectivity index (χ0) is 13.0. The van der Waals surface area contributed by atoms with Gasteiger partial charge in [0.25, 0.3) is 0 Å². The van der Waals surface area contributed by atoms with E-state index in [-0.39, 0.29) is 6.09 Å². The fraction of sp³-hybridized carbons (Fsp3) is 0.667. The van der Waals surface area contributed by atoms with E-state index in [1.807, 2.05) is 20.2 Å². The van der Waals surface area contributed by atoms with E-state index < -0.39 is 0 Å². The summed E-state index contributed by atoms with van der Waals surface area (Å²) in [6.07, 6.45) is 5.45. The molecule has 1 aliphatic heterocycles. The number of amides is 1. The van der Waals surface area contributed by atoms with E-state index in [9.17, 15) is 4.79 Å². The molecule has 0 radical (unpaired) electrons. The van der Waals surface area contributed by atoms with Gasteiger partial charge in [0.1, 0.15) is 0 Å². The maximum Gasteiger partial charge on any atom is 0.409 e. The average Bonchev–Trinajstić information content (AvgIpc) is 2.87. The molecule has 0 aliphatic carbocycles. The molecule has 0 aromatic carbocycles. The Balaban J connectivity index is 1.92.